The second-order valence-electron chi connectivity index (χ2n) is 4.26. The summed E-state index contributed by atoms with van der Waals surface area (Å²) in [6.45, 7) is -1.47. The van der Waals surface area contributed by atoms with Gasteiger partial charge in [-0.3, -0.25) is 4.90 Å². The van der Waals surface area contributed by atoms with Gasteiger partial charge in [0.15, 0.2) is 0 Å². The molecule has 1 aromatic rings. The van der Waals surface area contributed by atoms with Crippen LogP contribution >= 0.6 is 0 Å². The molecule has 0 spiro atoms. The van der Waals surface area contributed by atoms with E-state index in [4.69, 9.17) is 0 Å². The molecule has 8 heteroatoms. The summed E-state index contributed by atoms with van der Waals surface area (Å²) in [5.41, 5.74) is 0.566. The Morgan fingerprint density at radius 3 is 2.60 bits per heavy atom. The number of urea groups is 1. The van der Waals surface area contributed by atoms with Crippen LogP contribution in [0.1, 0.15) is 0 Å². The van der Waals surface area contributed by atoms with Gasteiger partial charge in [-0.2, -0.15) is 8.78 Å². The van der Waals surface area contributed by atoms with E-state index in [0.717, 1.165) is 0 Å². The molecular weight excluding hydrogens is 280 g/mol. The molecule has 1 aliphatic heterocycles. The zero-order valence-corrected chi connectivity index (χ0v) is 10.2. The molecule has 20 heavy (non-hydrogen) atoms. The fourth-order valence-electron chi connectivity index (χ4n) is 1.71. The maximum Gasteiger partial charge on any atom is 0.330 e. The smallest absolute Gasteiger partial charge is 0.330 e. The quantitative estimate of drug-likeness (QED) is 0.847. The summed E-state index contributed by atoms with van der Waals surface area (Å²) in [7, 11) is 0. The summed E-state index contributed by atoms with van der Waals surface area (Å²) in [4.78, 5) is 12.9. The minimum atomic E-state index is -4.23. The Bertz CT molecular complexity index is 470. The highest BCUT2D eigenvalue weighted by atomic mass is 19.3. The van der Waals surface area contributed by atoms with Crippen LogP contribution in [0.2, 0.25) is 0 Å². The highest BCUT2D eigenvalue weighted by molar-refractivity contribution is 5.94. The number of ether oxygens (including phenoxy) is 1. The highest BCUT2D eigenvalue weighted by Crippen LogP contribution is 2.24. The summed E-state index contributed by atoms with van der Waals surface area (Å²) in [5, 5.41) is 2.30. The summed E-state index contributed by atoms with van der Waals surface area (Å²) >= 11 is 0. The van der Waals surface area contributed by atoms with E-state index in [0.29, 0.717) is 5.69 Å². The van der Waals surface area contributed by atoms with Gasteiger partial charge in [-0.15, -0.1) is 0 Å². The topological polar surface area (TPSA) is 41.6 Å². The molecule has 2 amide bonds. The van der Waals surface area contributed by atoms with Gasteiger partial charge < -0.3 is 10.1 Å². The molecule has 1 fully saturated rings. The van der Waals surface area contributed by atoms with Gasteiger partial charge in [-0.05, 0) is 12.1 Å². The van der Waals surface area contributed by atoms with Crippen LogP contribution in [0.25, 0.3) is 0 Å². The first-order valence-electron chi connectivity index (χ1n) is 5.81. The van der Waals surface area contributed by atoms with E-state index in [1.807, 2.05) is 0 Å². The van der Waals surface area contributed by atoms with Crippen molar-refractivity contribution in [1.82, 2.24) is 5.32 Å². The van der Waals surface area contributed by atoms with Crippen LogP contribution in [0.3, 0.4) is 0 Å². The summed E-state index contributed by atoms with van der Waals surface area (Å²) in [6.07, 6.45) is -4.85. The molecule has 0 bridgehead atoms. The van der Waals surface area contributed by atoms with Gasteiger partial charge in [0.25, 0.3) is 0 Å². The lowest BCUT2D eigenvalue weighted by atomic mass is 10.3. The number of para-hydroxylation sites is 1. The fourth-order valence-corrected chi connectivity index (χ4v) is 1.71. The zero-order valence-electron chi connectivity index (χ0n) is 10.2. The fraction of sp³-hybridized carbons (Fsp3) is 0.417. The highest BCUT2D eigenvalue weighted by Gasteiger charge is 2.42. The molecule has 4 nitrogen and oxygen atoms in total. The van der Waals surface area contributed by atoms with Crippen molar-refractivity contribution in [3.8, 4) is 0 Å². The second kappa shape index (κ2) is 5.66. The second-order valence-corrected chi connectivity index (χ2v) is 4.26. The Hall–Kier alpha value is -1.83. The normalized spacial score (nSPS) is 19.6. The number of anilines is 1. The SMILES string of the molecule is O=C1NC(OCC(F)(F)C(F)F)CN1c1ccccc1. The maximum absolute atomic E-state index is 12.7. The Balaban J connectivity index is 1.93. The van der Waals surface area contributed by atoms with Gasteiger partial charge in [0.05, 0.1) is 6.54 Å². The van der Waals surface area contributed by atoms with Crippen LogP contribution < -0.4 is 10.2 Å². The molecular formula is C12H12F4N2O2. The lowest BCUT2D eigenvalue weighted by molar-refractivity contribution is -0.175. The van der Waals surface area contributed by atoms with Gasteiger partial charge in [0.1, 0.15) is 12.8 Å². The van der Waals surface area contributed by atoms with Gasteiger partial charge in [0, 0.05) is 5.69 Å². The van der Waals surface area contributed by atoms with E-state index in [2.05, 4.69) is 10.1 Å². The number of carbonyl (C=O) groups excluding carboxylic acids is 1. The van der Waals surface area contributed by atoms with Crippen LogP contribution in [0.15, 0.2) is 30.3 Å². The summed E-state index contributed by atoms with van der Waals surface area (Å²) < 4.78 is 54.0. The van der Waals surface area contributed by atoms with Crippen molar-refractivity contribution in [1.29, 1.82) is 0 Å². The van der Waals surface area contributed by atoms with Crippen LogP contribution in [0.5, 0.6) is 0 Å². The first-order chi connectivity index (χ1) is 9.40. The molecule has 1 heterocycles. The van der Waals surface area contributed by atoms with Gasteiger partial charge >= 0.3 is 18.4 Å². The molecule has 2 rings (SSSR count). The van der Waals surface area contributed by atoms with Crippen molar-refractivity contribution >= 4 is 11.7 Å². The molecule has 0 saturated carbocycles. The number of nitrogens with zero attached hydrogens (tertiary/aromatic N) is 1. The van der Waals surface area contributed by atoms with Crippen LogP contribution in [0.4, 0.5) is 28.0 Å². The predicted octanol–water partition coefficient (Wildman–Crippen LogP) is 2.46. The Morgan fingerprint density at radius 1 is 1.35 bits per heavy atom. The summed E-state index contributed by atoms with van der Waals surface area (Å²) in [5.74, 6) is -4.23. The predicted molar refractivity (Wildman–Crippen MR) is 63.0 cm³/mol. The molecule has 1 aliphatic rings. The van der Waals surface area contributed by atoms with Crippen LogP contribution in [0, 0.1) is 0 Å². The molecule has 0 aromatic heterocycles. The number of halogens is 4. The molecule has 1 atom stereocenters. The lowest BCUT2D eigenvalue weighted by Gasteiger charge is -2.18. The Morgan fingerprint density at radius 2 is 2.00 bits per heavy atom. The Kier molecular flexibility index (Phi) is 4.12. The first-order valence-corrected chi connectivity index (χ1v) is 5.81. The molecule has 0 radical (unpaired) electrons. The number of carbonyl (C=O) groups is 1. The lowest BCUT2D eigenvalue weighted by Crippen LogP contribution is -2.38. The number of nitrogens with one attached hydrogen (secondary N) is 1. The van der Waals surface area contributed by atoms with Gasteiger partial charge in [-0.25, -0.2) is 13.6 Å². The van der Waals surface area contributed by atoms with Gasteiger partial charge in [-0.1, -0.05) is 18.2 Å². The first kappa shape index (κ1) is 14.6. The third kappa shape index (κ3) is 3.19. The van der Waals surface area contributed by atoms with Crippen LogP contribution in [-0.2, 0) is 4.74 Å². The zero-order chi connectivity index (χ0) is 14.8. The Labute approximate surface area is 112 Å². The average molecular weight is 292 g/mol. The van der Waals surface area contributed by atoms with Gasteiger partial charge in [0.2, 0.25) is 0 Å². The number of hydrogen-bond acceptors (Lipinski definition) is 2. The average Bonchev–Trinajstić information content (AvgIpc) is 2.79. The van der Waals surface area contributed by atoms with Crippen molar-refractivity contribution in [2.75, 3.05) is 18.1 Å². The molecule has 1 aromatic carbocycles. The number of alkyl halides is 4. The molecule has 1 unspecified atom stereocenters. The van der Waals surface area contributed by atoms with Crippen molar-refractivity contribution in [3.63, 3.8) is 0 Å². The largest absolute Gasteiger partial charge is 0.350 e. The van der Waals surface area contributed by atoms with E-state index in [9.17, 15) is 22.4 Å². The number of benzene rings is 1. The van der Waals surface area contributed by atoms with E-state index in [1.54, 1.807) is 30.3 Å². The van der Waals surface area contributed by atoms with Crippen molar-refractivity contribution < 1.29 is 27.1 Å². The van der Waals surface area contributed by atoms with E-state index in [1.165, 1.54) is 4.90 Å². The van der Waals surface area contributed by atoms with Crippen LogP contribution in [-0.4, -0.2) is 37.8 Å². The third-order valence-electron chi connectivity index (χ3n) is 2.74. The summed E-state index contributed by atoms with van der Waals surface area (Å²) in [6, 6.07) is 7.98. The minimum Gasteiger partial charge on any atom is -0.350 e. The van der Waals surface area contributed by atoms with E-state index < -0.39 is 31.2 Å². The van der Waals surface area contributed by atoms with Crippen molar-refractivity contribution in [2.24, 2.45) is 0 Å². The molecule has 0 aliphatic carbocycles. The minimum absolute atomic E-state index is 0.0256. The number of rotatable bonds is 5. The maximum atomic E-state index is 12.7. The van der Waals surface area contributed by atoms with E-state index in [-0.39, 0.29) is 6.54 Å². The molecule has 110 valence electrons. The molecule has 1 saturated heterocycles. The number of hydrogen-bond donors (Lipinski definition) is 1. The van der Waals surface area contributed by atoms with Crippen molar-refractivity contribution in [2.45, 2.75) is 18.6 Å². The monoisotopic (exact) mass is 292 g/mol. The number of amides is 2. The third-order valence-corrected chi connectivity index (χ3v) is 2.74. The standard InChI is InChI=1S/C12H12F4N2O2/c13-10(14)12(15,16)7-20-9-6-18(11(19)17-9)8-4-2-1-3-5-8/h1-5,9-10H,6-7H2,(H,17,19). The van der Waals surface area contributed by atoms with Crippen molar-refractivity contribution in [3.05, 3.63) is 30.3 Å². The van der Waals surface area contributed by atoms with E-state index >= 15 is 0 Å². The molecule has 1 N–H and O–H groups in total.